The first-order chi connectivity index (χ1) is 9.06. The smallest absolute Gasteiger partial charge is 0.269 e. The van der Waals surface area contributed by atoms with Crippen LogP contribution in [-0.4, -0.2) is 34.1 Å². The predicted octanol–water partition coefficient (Wildman–Crippen LogP) is 2.19. The Labute approximate surface area is 113 Å². The van der Waals surface area contributed by atoms with Crippen LogP contribution < -0.4 is 0 Å². The molecular formula is C14H20N2O3. The number of nitro benzene ring substituents is 1. The fraction of sp³-hybridized carbons (Fsp3) is 0.571. The van der Waals surface area contributed by atoms with E-state index in [0.29, 0.717) is 5.92 Å². The number of aliphatic hydroxyl groups is 1. The highest BCUT2D eigenvalue weighted by Gasteiger charge is 2.23. The third kappa shape index (κ3) is 3.75. The number of non-ortho nitro benzene ring substituents is 1. The number of piperidine rings is 1. The molecule has 1 saturated heterocycles. The minimum Gasteiger partial charge on any atom is -0.393 e. The number of hydrogen-bond donors (Lipinski definition) is 1. The van der Waals surface area contributed by atoms with Crippen molar-refractivity contribution >= 4 is 5.69 Å². The molecule has 0 amide bonds. The van der Waals surface area contributed by atoms with E-state index in [0.717, 1.165) is 38.0 Å². The van der Waals surface area contributed by atoms with Crippen LogP contribution in [0.5, 0.6) is 0 Å². The Morgan fingerprint density at radius 2 is 2.16 bits per heavy atom. The predicted molar refractivity (Wildman–Crippen MR) is 72.8 cm³/mol. The van der Waals surface area contributed by atoms with Crippen LogP contribution >= 0.6 is 0 Å². The van der Waals surface area contributed by atoms with Crippen molar-refractivity contribution in [3.63, 3.8) is 0 Å². The summed E-state index contributed by atoms with van der Waals surface area (Å²) in [6, 6.07) is 6.71. The Balaban J connectivity index is 1.95. The lowest BCUT2D eigenvalue weighted by atomic mass is 9.93. The van der Waals surface area contributed by atoms with E-state index in [2.05, 4.69) is 4.90 Å². The number of aliphatic hydroxyl groups excluding tert-OH is 1. The summed E-state index contributed by atoms with van der Waals surface area (Å²) in [4.78, 5) is 12.5. The molecule has 19 heavy (non-hydrogen) atoms. The van der Waals surface area contributed by atoms with Gasteiger partial charge in [0.25, 0.3) is 5.69 Å². The van der Waals surface area contributed by atoms with Crippen molar-refractivity contribution in [2.24, 2.45) is 5.92 Å². The van der Waals surface area contributed by atoms with Crippen LogP contribution in [0.1, 0.15) is 25.3 Å². The lowest BCUT2D eigenvalue weighted by molar-refractivity contribution is -0.384. The Kier molecular flexibility index (Phi) is 4.50. The van der Waals surface area contributed by atoms with Gasteiger partial charge in [-0.2, -0.15) is 0 Å². The maximum absolute atomic E-state index is 10.6. The van der Waals surface area contributed by atoms with Gasteiger partial charge in [0.1, 0.15) is 0 Å². The second kappa shape index (κ2) is 6.12. The molecule has 1 heterocycles. The number of nitrogens with zero attached hydrogens (tertiary/aromatic N) is 2. The summed E-state index contributed by atoms with van der Waals surface area (Å²) in [5.74, 6) is 0.340. The van der Waals surface area contributed by atoms with Crippen LogP contribution in [0.25, 0.3) is 0 Å². The van der Waals surface area contributed by atoms with E-state index >= 15 is 0 Å². The van der Waals surface area contributed by atoms with Gasteiger partial charge in [-0.3, -0.25) is 15.0 Å². The molecule has 104 valence electrons. The summed E-state index contributed by atoms with van der Waals surface area (Å²) >= 11 is 0. The summed E-state index contributed by atoms with van der Waals surface area (Å²) in [5, 5.41) is 20.2. The summed E-state index contributed by atoms with van der Waals surface area (Å²) in [6.07, 6.45) is 1.91. The molecule has 1 fully saturated rings. The van der Waals surface area contributed by atoms with E-state index in [1.807, 2.05) is 19.1 Å². The maximum atomic E-state index is 10.6. The Hall–Kier alpha value is -1.46. The molecule has 1 aliphatic heterocycles. The number of likely N-dealkylation sites (tertiary alicyclic amines) is 1. The molecule has 2 atom stereocenters. The molecule has 2 rings (SSSR count). The van der Waals surface area contributed by atoms with Crippen LogP contribution in [0.4, 0.5) is 5.69 Å². The van der Waals surface area contributed by atoms with E-state index in [4.69, 9.17) is 0 Å². The monoisotopic (exact) mass is 264 g/mol. The number of hydrogen-bond acceptors (Lipinski definition) is 4. The summed E-state index contributed by atoms with van der Waals surface area (Å²) in [7, 11) is 0. The van der Waals surface area contributed by atoms with Crippen molar-refractivity contribution in [3.05, 3.63) is 39.9 Å². The lowest BCUT2D eigenvalue weighted by Gasteiger charge is -2.34. The highest BCUT2D eigenvalue weighted by atomic mass is 16.6. The fourth-order valence-corrected chi connectivity index (χ4v) is 2.61. The second-order valence-corrected chi connectivity index (χ2v) is 5.30. The Bertz CT molecular complexity index is 431. The minimum atomic E-state index is -0.381. The fourth-order valence-electron chi connectivity index (χ4n) is 2.61. The van der Waals surface area contributed by atoms with Crippen molar-refractivity contribution in [2.75, 3.05) is 13.1 Å². The molecule has 5 nitrogen and oxygen atoms in total. The van der Waals surface area contributed by atoms with E-state index in [-0.39, 0.29) is 16.7 Å². The van der Waals surface area contributed by atoms with E-state index < -0.39 is 0 Å². The van der Waals surface area contributed by atoms with Crippen LogP contribution in [0.3, 0.4) is 0 Å². The first-order valence-electron chi connectivity index (χ1n) is 6.70. The van der Waals surface area contributed by atoms with Crippen LogP contribution in [0.2, 0.25) is 0 Å². The zero-order valence-corrected chi connectivity index (χ0v) is 11.2. The number of nitro groups is 1. The van der Waals surface area contributed by atoms with Gasteiger partial charge >= 0.3 is 0 Å². The molecule has 0 bridgehead atoms. The lowest BCUT2D eigenvalue weighted by Crippen LogP contribution is -2.38. The van der Waals surface area contributed by atoms with Crippen molar-refractivity contribution < 1.29 is 10.0 Å². The molecule has 0 aromatic heterocycles. The van der Waals surface area contributed by atoms with Gasteiger partial charge < -0.3 is 5.11 Å². The average molecular weight is 264 g/mol. The second-order valence-electron chi connectivity index (χ2n) is 5.30. The largest absolute Gasteiger partial charge is 0.393 e. The van der Waals surface area contributed by atoms with Gasteiger partial charge in [0.05, 0.1) is 11.0 Å². The molecule has 1 aliphatic rings. The summed E-state index contributed by atoms with van der Waals surface area (Å²) < 4.78 is 0. The molecule has 0 saturated carbocycles. The number of benzene rings is 1. The Morgan fingerprint density at radius 3 is 2.74 bits per heavy atom. The normalized spacial score (nSPS) is 22.1. The van der Waals surface area contributed by atoms with Gasteiger partial charge in [0.15, 0.2) is 0 Å². The molecule has 0 spiro atoms. The van der Waals surface area contributed by atoms with Gasteiger partial charge in [-0.25, -0.2) is 0 Å². The first-order valence-corrected chi connectivity index (χ1v) is 6.70. The van der Waals surface area contributed by atoms with Crippen LogP contribution in [0, 0.1) is 16.0 Å². The van der Waals surface area contributed by atoms with Gasteiger partial charge in [-0.15, -0.1) is 0 Å². The molecule has 5 heteroatoms. The molecule has 1 aromatic rings. The summed E-state index contributed by atoms with van der Waals surface area (Å²) in [5.41, 5.74) is 1.21. The molecule has 0 aliphatic carbocycles. The standard InChI is InChI=1S/C14H20N2O3/c1-11(17)13-3-2-8-15(10-13)9-12-4-6-14(7-5-12)16(18)19/h4-7,11,13,17H,2-3,8-10H2,1H3/t11-,13-/m0/s1. The topological polar surface area (TPSA) is 66.6 Å². The van der Waals surface area contributed by atoms with Crippen LogP contribution in [-0.2, 0) is 6.54 Å². The molecular weight excluding hydrogens is 244 g/mol. The van der Waals surface area contributed by atoms with Gasteiger partial charge in [0.2, 0.25) is 0 Å². The van der Waals surface area contributed by atoms with E-state index in [1.165, 1.54) is 0 Å². The third-order valence-electron chi connectivity index (χ3n) is 3.78. The van der Waals surface area contributed by atoms with E-state index in [9.17, 15) is 15.2 Å². The molecule has 0 radical (unpaired) electrons. The highest BCUT2D eigenvalue weighted by Crippen LogP contribution is 2.22. The van der Waals surface area contributed by atoms with E-state index in [1.54, 1.807) is 12.1 Å². The first kappa shape index (κ1) is 14.0. The van der Waals surface area contributed by atoms with Crippen molar-refractivity contribution in [2.45, 2.75) is 32.4 Å². The summed E-state index contributed by atoms with van der Waals surface area (Å²) in [6.45, 7) is 4.57. The molecule has 1 N–H and O–H groups in total. The third-order valence-corrected chi connectivity index (χ3v) is 3.78. The zero-order chi connectivity index (χ0) is 13.8. The van der Waals surface area contributed by atoms with Crippen LogP contribution in [0.15, 0.2) is 24.3 Å². The SMILES string of the molecule is C[C@H](O)[C@H]1CCCN(Cc2ccc([N+](=O)[O-])cc2)C1. The minimum absolute atomic E-state index is 0.129. The number of rotatable bonds is 4. The average Bonchev–Trinajstić information content (AvgIpc) is 2.39. The highest BCUT2D eigenvalue weighted by molar-refractivity contribution is 5.32. The zero-order valence-electron chi connectivity index (χ0n) is 11.2. The Morgan fingerprint density at radius 1 is 1.47 bits per heavy atom. The molecule has 0 unspecified atom stereocenters. The molecule has 1 aromatic carbocycles. The van der Waals surface area contributed by atoms with Gasteiger partial charge in [-0.05, 0) is 37.8 Å². The van der Waals surface area contributed by atoms with Crippen molar-refractivity contribution in [1.82, 2.24) is 4.90 Å². The van der Waals surface area contributed by atoms with Gasteiger partial charge in [0, 0.05) is 25.2 Å². The van der Waals surface area contributed by atoms with Gasteiger partial charge in [-0.1, -0.05) is 12.1 Å². The van der Waals surface area contributed by atoms with Crippen molar-refractivity contribution in [1.29, 1.82) is 0 Å². The quantitative estimate of drug-likeness (QED) is 0.668. The maximum Gasteiger partial charge on any atom is 0.269 e. The van der Waals surface area contributed by atoms with Crippen molar-refractivity contribution in [3.8, 4) is 0 Å².